The lowest BCUT2D eigenvalue weighted by Gasteiger charge is -2.32. The number of ether oxygens (including phenoxy) is 3. The van der Waals surface area contributed by atoms with E-state index in [9.17, 15) is 9.59 Å². The first-order chi connectivity index (χ1) is 15.0. The Hall–Kier alpha value is -3.03. The van der Waals surface area contributed by atoms with Crippen LogP contribution < -0.4 is 14.9 Å². The van der Waals surface area contributed by atoms with Gasteiger partial charge in [0.1, 0.15) is 23.9 Å². The molecule has 0 amide bonds. The van der Waals surface area contributed by atoms with Crippen molar-refractivity contribution in [2.24, 2.45) is 5.92 Å². The van der Waals surface area contributed by atoms with E-state index in [1.807, 2.05) is 0 Å². The van der Waals surface area contributed by atoms with Crippen LogP contribution in [0.15, 0.2) is 51.7 Å². The molecule has 0 radical (unpaired) electrons. The summed E-state index contributed by atoms with van der Waals surface area (Å²) in [5, 5.41) is 9.68. The molecule has 7 nitrogen and oxygen atoms in total. The number of halogens is 1. The third kappa shape index (κ3) is 4.52. The van der Waals surface area contributed by atoms with E-state index in [1.165, 1.54) is 6.07 Å². The van der Waals surface area contributed by atoms with E-state index >= 15 is 0 Å². The van der Waals surface area contributed by atoms with Crippen LogP contribution in [0.2, 0.25) is 5.02 Å². The number of rotatable bonds is 8. The van der Waals surface area contributed by atoms with Crippen molar-refractivity contribution in [2.45, 2.75) is 18.9 Å². The number of carbonyl (C=O) groups is 1. The van der Waals surface area contributed by atoms with Crippen LogP contribution in [0.25, 0.3) is 22.3 Å². The first-order valence-electron chi connectivity index (χ1n) is 9.84. The number of hydrogen-bond acceptors (Lipinski definition) is 6. The standard InChI is InChI=1S/C23H21ClO7/c1-28-14-5-6-17(21-12-19(25)16-3-2-4-18(24)22(16)31-21)20(11-14)30-8-7-29-15-9-13(10-15)23(26)27/h2-6,11-13,15H,7-10H2,1H3,(H,26,27). The monoisotopic (exact) mass is 444 g/mol. The second-order valence-corrected chi connectivity index (χ2v) is 7.71. The predicted octanol–water partition coefficient (Wildman–Crippen LogP) is 4.38. The highest BCUT2D eigenvalue weighted by Crippen LogP contribution is 2.35. The normalized spacial score (nSPS) is 17.9. The Labute approximate surface area is 183 Å². The van der Waals surface area contributed by atoms with Gasteiger partial charge in [0.25, 0.3) is 0 Å². The average molecular weight is 445 g/mol. The summed E-state index contributed by atoms with van der Waals surface area (Å²) in [5.41, 5.74) is 0.686. The molecule has 31 heavy (non-hydrogen) atoms. The maximum Gasteiger partial charge on any atom is 0.306 e. The van der Waals surface area contributed by atoms with Crippen LogP contribution in [0.3, 0.4) is 0 Å². The summed E-state index contributed by atoms with van der Waals surface area (Å²) in [7, 11) is 1.55. The number of hydrogen-bond donors (Lipinski definition) is 1. The number of carboxylic acid groups (broad SMARTS) is 1. The van der Waals surface area contributed by atoms with E-state index in [2.05, 4.69) is 0 Å². The van der Waals surface area contributed by atoms with Gasteiger partial charge in [0, 0.05) is 12.1 Å². The predicted molar refractivity (Wildman–Crippen MR) is 115 cm³/mol. The summed E-state index contributed by atoms with van der Waals surface area (Å²) >= 11 is 6.22. The van der Waals surface area contributed by atoms with E-state index < -0.39 is 5.97 Å². The van der Waals surface area contributed by atoms with Gasteiger partial charge in [0.15, 0.2) is 11.0 Å². The van der Waals surface area contributed by atoms with Gasteiger partial charge >= 0.3 is 5.97 Å². The van der Waals surface area contributed by atoms with E-state index in [0.29, 0.717) is 58.3 Å². The molecule has 0 atom stereocenters. The molecular weight excluding hydrogens is 424 g/mol. The van der Waals surface area contributed by atoms with Crippen molar-refractivity contribution in [2.75, 3.05) is 20.3 Å². The van der Waals surface area contributed by atoms with Crippen LogP contribution in [-0.2, 0) is 9.53 Å². The van der Waals surface area contributed by atoms with Crippen LogP contribution in [0.5, 0.6) is 11.5 Å². The van der Waals surface area contributed by atoms with Gasteiger partial charge in [-0.1, -0.05) is 17.7 Å². The van der Waals surface area contributed by atoms with Crippen molar-refractivity contribution >= 4 is 28.5 Å². The highest BCUT2D eigenvalue weighted by atomic mass is 35.5. The minimum atomic E-state index is -0.783. The highest BCUT2D eigenvalue weighted by molar-refractivity contribution is 6.34. The summed E-state index contributed by atoms with van der Waals surface area (Å²) in [6, 6.07) is 11.6. The topological polar surface area (TPSA) is 95.2 Å². The Morgan fingerprint density at radius 2 is 2.00 bits per heavy atom. The molecule has 0 bridgehead atoms. The quantitative estimate of drug-likeness (QED) is 0.515. The third-order valence-corrected chi connectivity index (χ3v) is 5.60. The molecule has 4 rings (SSSR count). The van der Waals surface area contributed by atoms with Crippen molar-refractivity contribution in [1.29, 1.82) is 0 Å². The lowest BCUT2D eigenvalue weighted by molar-refractivity contribution is -0.151. The second kappa shape index (κ2) is 8.99. The fourth-order valence-corrected chi connectivity index (χ4v) is 3.71. The van der Waals surface area contributed by atoms with Crippen LogP contribution in [0.1, 0.15) is 12.8 Å². The van der Waals surface area contributed by atoms with Gasteiger partial charge in [-0.25, -0.2) is 0 Å². The van der Waals surface area contributed by atoms with E-state index in [-0.39, 0.29) is 24.1 Å². The smallest absolute Gasteiger partial charge is 0.306 e. The Morgan fingerprint density at radius 1 is 1.19 bits per heavy atom. The molecule has 1 aromatic heterocycles. The third-order valence-electron chi connectivity index (χ3n) is 5.30. The Balaban J connectivity index is 1.52. The number of benzene rings is 2. The largest absolute Gasteiger partial charge is 0.497 e. The molecule has 1 saturated carbocycles. The fraction of sp³-hybridized carbons (Fsp3) is 0.304. The molecule has 1 fully saturated rings. The van der Waals surface area contributed by atoms with Crippen molar-refractivity contribution in [1.82, 2.24) is 0 Å². The summed E-state index contributed by atoms with van der Waals surface area (Å²) in [6.45, 7) is 0.550. The number of aliphatic carboxylic acids is 1. The van der Waals surface area contributed by atoms with Crippen LogP contribution in [-0.4, -0.2) is 37.5 Å². The summed E-state index contributed by atoms with van der Waals surface area (Å²) in [4.78, 5) is 23.4. The molecule has 1 aliphatic carbocycles. The summed E-state index contributed by atoms with van der Waals surface area (Å²) in [6.07, 6.45) is 0.973. The van der Waals surface area contributed by atoms with Gasteiger partial charge in [-0.15, -0.1) is 0 Å². The average Bonchev–Trinajstić information content (AvgIpc) is 2.72. The Morgan fingerprint density at radius 3 is 2.74 bits per heavy atom. The maximum atomic E-state index is 12.6. The molecule has 0 saturated heterocycles. The van der Waals surface area contributed by atoms with Crippen molar-refractivity contribution < 1.29 is 28.5 Å². The molecule has 0 unspecified atom stereocenters. The number of fused-ring (bicyclic) bond motifs is 1. The van der Waals surface area contributed by atoms with Crippen LogP contribution in [0, 0.1) is 5.92 Å². The molecule has 3 aromatic rings. The molecule has 8 heteroatoms. The minimum absolute atomic E-state index is 0.0601. The SMILES string of the molecule is COc1ccc(-c2cc(=O)c3cccc(Cl)c3o2)c(OCCOC2CC(C(=O)O)C2)c1. The summed E-state index contributed by atoms with van der Waals surface area (Å²) in [5.74, 6) is 0.277. The first-order valence-corrected chi connectivity index (χ1v) is 10.2. The van der Waals surface area contributed by atoms with Gasteiger partial charge in [-0.2, -0.15) is 0 Å². The maximum absolute atomic E-state index is 12.6. The second-order valence-electron chi connectivity index (χ2n) is 7.30. The number of carboxylic acids is 1. The Bertz CT molecular complexity index is 1160. The van der Waals surface area contributed by atoms with Crippen molar-refractivity contribution in [3.63, 3.8) is 0 Å². The van der Waals surface area contributed by atoms with Crippen LogP contribution >= 0.6 is 11.6 Å². The summed E-state index contributed by atoms with van der Waals surface area (Å²) < 4.78 is 22.8. The molecule has 0 aliphatic heterocycles. The zero-order chi connectivity index (χ0) is 22.0. The zero-order valence-corrected chi connectivity index (χ0v) is 17.6. The Kier molecular flexibility index (Phi) is 6.15. The molecule has 1 N–H and O–H groups in total. The highest BCUT2D eigenvalue weighted by Gasteiger charge is 2.35. The zero-order valence-electron chi connectivity index (χ0n) is 16.8. The lowest BCUT2D eigenvalue weighted by Crippen LogP contribution is -2.37. The van der Waals surface area contributed by atoms with Crippen molar-refractivity contribution in [3.05, 3.63) is 57.7 Å². The van der Waals surface area contributed by atoms with E-state index in [4.69, 9.17) is 35.3 Å². The molecule has 2 aromatic carbocycles. The molecule has 0 spiro atoms. The van der Waals surface area contributed by atoms with Crippen LogP contribution in [0.4, 0.5) is 0 Å². The first kappa shape index (κ1) is 21.2. The molecule has 1 aliphatic rings. The lowest BCUT2D eigenvalue weighted by atomic mass is 9.82. The van der Waals surface area contributed by atoms with Crippen molar-refractivity contribution in [3.8, 4) is 22.8 Å². The minimum Gasteiger partial charge on any atom is -0.497 e. The molecule has 162 valence electrons. The molecular formula is C23H21ClO7. The van der Waals surface area contributed by atoms with Gasteiger partial charge in [0.05, 0.1) is 41.7 Å². The van der Waals surface area contributed by atoms with Gasteiger partial charge in [0.2, 0.25) is 0 Å². The molecule has 1 heterocycles. The van der Waals surface area contributed by atoms with Gasteiger partial charge < -0.3 is 23.7 Å². The number of methoxy groups -OCH3 is 1. The number of para-hydroxylation sites is 1. The fourth-order valence-electron chi connectivity index (χ4n) is 3.50. The van der Waals surface area contributed by atoms with Gasteiger partial charge in [-0.3, -0.25) is 9.59 Å². The van der Waals surface area contributed by atoms with Gasteiger partial charge in [-0.05, 0) is 37.1 Å². The van der Waals surface area contributed by atoms with E-state index in [1.54, 1.807) is 43.5 Å². The van der Waals surface area contributed by atoms with E-state index in [0.717, 1.165) is 0 Å².